The number of carbonyl (C=O) groups excluding carboxylic acids is 3. The van der Waals surface area contributed by atoms with Crippen molar-refractivity contribution in [1.29, 1.82) is 0 Å². The number of ether oxygens (including phenoxy) is 1. The first-order valence-corrected chi connectivity index (χ1v) is 15.6. The molecule has 2 aromatic carbocycles. The fourth-order valence-electron chi connectivity index (χ4n) is 5.59. The molecule has 10 nitrogen and oxygen atoms in total. The number of likely N-dealkylation sites (N-methyl/N-ethyl adjacent to an activating group) is 1. The van der Waals surface area contributed by atoms with Gasteiger partial charge in [-0.15, -0.1) is 0 Å². The van der Waals surface area contributed by atoms with Crippen molar-refractivity contribution < 1.29 is 27.9 Å². The van der Waals surface area contributed by atoms with E-state index in [4.69, 9.17) is 4.74 Å². The van der Waals surface area contributed by atoms with Crippen molar-refractivity contribution in [2.24, 2.45) is 5.41 Å². The summed E-state index contributed by atoms with van der Waals surface area (Å²) in [6.07, 6.45) is 2.21. The summed E-state index contributed by atoms with van der Waals surface area (Å²) in [5, 5.41) is 8.98. The van der Waals surface area contributed by atoms with E-state index < -0.39 is 29.6 Å². The third kappa shape index (κ3) is 8.96. The highest BCUT2D eigenvalue weighted by atomic mass is 19.1. The van der Waals surface area contributed by atoms with Crippen LogP contribution in [0.2, 0.25) is 0 Å². The number of amides is 3. The van der Waals surface area contributed by atoms with Crippen molar-refractivity contribution in [3.8, 4) is 5.75 Å². The molecular weight excluding hydrogens is 594 g/mol. The van der Waals surface area contributed by atoms with E-state index in [2.05, 4.69) is 16.0 Å². The van der Waals surface area contributed by atoms with Crippen LogP contribution < -0.4 is 20.7 Å². The van der Waals surface area contributed by atoms with E-state index in [0.717, 1.165) is 5.56 Å². The van der Waals surface area contributed by atoms with Gasteiger partial charge >= 0.3 is 0 Å². The highest BCUT2D eigenvalue weighted by molar-refractivity contribution is 5.93. The molecular formula is C34H46F2N6O4. The number of carbonyl (C=O) groups is 3. The van der Waals surface area contributed by atoms with E-state index in [0.29, 0.717) is 37.5 Å². The monoisotopic (exact) mass is 640 g/mol. The molecule has 2 heterocycles. The highest BCUT2D eigenvalue weighted by Gasteiger charge is 2.44. The largest absolute Gasteiger partial charge is 0.489 e. The number of rotatable bonds is 12. The Bertz CT molecular complexity index is 1400. The lowest BCUT2D eigenvalue weighted by molar-refractivity contribution is -0.141. The van der Waals surface area contributed by atoms with Crippen molar-refractivity contribution in [2.45, 2.75) is 64.8 Å². The van der Waals surface area contributed by atoms with Gasteiger partial charge in [0, 0.05) is 32.8 Å². The number of hydrogen-bond donors (Lipinski definition) is 3. The van der Waals surface area contributed by atoms with Gasteiger partial charge in [-0.2, -0.15) is 0 Å². The fourth-order valence-corrected chi connectivity index (χ4v) is 5.59. The maximum Gasteiger partial charge on any atom is 0.271 e. The van der Waals surface area contributed by atoms with Gasteiger partial charge in [0.25, 0.3) is 5.91 Å². The molecule has 0 aromatic heterocycles. The minimum Gasteiger partial charge on any atom is -0.489 e. The molecule has 0 saturated carbocycles. The summed E-state index contributed by atoms with van der Waals surface area (Å²) in [6, 6.07) is 10.1. The minimum absolute atomic E-state index is 0.204. The highest BCUT2D eigenvalue weighted by Crippen LogP contribution is 2.29. The van der Waals surface area contributed by atoms with Gasteiger partial charge < -0.3 is 35.4 Å². The van der Waals surface area contributed by atoms with Crippen molar-refractivity contribution in [2.75, 3.05) is 40.4 Å². The summed E-state index contributed by atoms with van der Waals surface area (Å²) in [7, 11) is 3.54. The summed E-state index contributed by atoms with van der Waals surface area (Å²) in [5.41, 5.74) is 0.690. The van der Waals surface area contributed by atoms with E-state index in [1.54, 1.807) is 54.2 Å². The normalized spacial score (nSPS) is 19.3. The second kappa shape index (κ2) is 14.9. The van der Waals surface area contributed by atoms with Crippen LogP contribution in [0.1, 0.15) is 39.7 Å². The van der Waals surface area contributed by atoms with Crippen LogP contribution in [0.4, 0.5) is 8.78 Å². The van der Waals surface area contributed by atoms with Crippen molar-refractivity contribution in [3.63, 3.8) is 0 Å². The summed E-state index contributed by atoms with van der Waals surface area (Å²) >= 11 is 0. The molecule has 1 saturated heterocycles. The van der Waals surface area contributed by atoms with Gasteiger partial charge in [-0.3, -0.25) is 14.4 Å². The fraction of sp³-hybridized carbons (Fsp3) is 0.500. The summed E-state index contributed by atoms with van der Waals surface area (Å²) < 4.78 is 33.4. The molecule has 12 heteroatoms. The zero-order valence-electron chi connectivity index (χ0n) is 27.5. The topological polar surface area (TPSA) is 106 Å². The summed E-state index contributed by atoms with van der Waals surface area (Å²) in [4.78, 5) is 46.5. The van der Waals surface area contributed by atoms with Crippen molar-refractivity contribution >= 4 is 17.7 Å². The predicted octanol–water partition coefficient (Wildman–Crippen LogP) is 2.86. The van der Waals surface area contributed by atoms with Gasteiger partial charge in [-0.25, -0.2) is 8.78 Å². The molecule has 46 heavy (non-hydrogen) atoms. The van der Waals surface area contributed by atoms with Gasteiger partial charge in [-0.1, -0.05) is 32.9 Å². The van der Waals surface area contributed by atoms with Crippen molar-refractivity contribution in [3.05, 3.63) is 77.6 Å². The lowest BCUT2D eigenvalue weighted by Crippen LogP contribution is -2.59. The number of hydrogen-bond acceptors (Lipinski definition) is 7. The van der Waals surface area contributed by atoms with Crippen LogP contribution in [0.25, 0.3) is 0 Å². The SMILES string of the molecule is CN[C@@H](C)C(=O)N[C@H](C(=O)N1C[C@@H](Oc2ccc(F)cc2)C[C@H]1CN(CCc1ccc(F)cc1)C(=O)C1=CN(C)CN1)C(C)(C)C. The van der Waals surface area contributed by atoms with E-state index in [1.807, 2.05) is 32.7 Å². The third-order valence-corrected chi connectivity index (χ3v) is 8.40. The van der Waals surface area contributed by atoms with Gasteiger partial charge in [-0.05, 0) is 67.8 Å². The van der Waals surface area contributed by atoms with Crippen LogP contribution in [-0.2, 0) is 20.8 Å². The number of benzene rings is 2. The molecule has 0 spiro atoms. The Labute approximate surface area is 270 Å². The molecule has 2 aliphatic heterocycles. The van der Waals surface area contributed by atoms with E-state index >= 15 is 0 Å². The van der Waals surface area contributed by atoms with Crippen LogP contribution in [-0.4, -0.2) is 97.0 Å². The Morgan fingerprint density at radius 3 is 2.26 bits per heavy atom. The van der Waals surface area contributed by atoms with E-state index in [9.17, 15) is 23.2 Å². The Balaban J connectivity index is 1.63. The molecule has 0 unspecified atom stereocenters. The number of nitrogens with one attached hydrogen (secondary N) is 3. The Hall–Kier alpha value is -4.19. The number of likely N-dealkylation sites (tertiary alicyclic amines) is 1. The number of nitrogens with zero attached hydrogens (tertiary/aromatic N) is 3. The minimum atomic E-state index is -0.848. The Kier molecular flexibility index (Phi) is 11.3. The van der Waals surface area contributed by atoms with Gasteiger partial charge in [0.05, 0.1) is 25.3 Å². The molecule has 3 amide bonds. The molecule has 250 valence electrons. The second-order valence-electron chi connectivity index (χ2n) is 13.2. The molecule has 4 atom stereocenters. The first kappa shape index (κ1) is 34.7. The first-order valence-electron chi connectivity index (χ1n) is 15.6. The van der Waals surface area contributed by atoms with E-state index in [1.165, 1.54) is 24.3 Å². The maximum absolute atomic E-state index is 14.4. The summed E-state index contributed by atoms with van der Waals surface area (Å²) in [6.45, 7) is 8.64. The third-order valence-electron chi connectivity index (χ3n) is 8.40. The quantitative estimate of drug-likeness (QED) is 0.328. The molecule has 2 aromatic rings. The Morgan fingerprint density at radius 2 is 1.70 bits per heavy atom. The molecule has 3 N–H and O–H groups in total. The Morgan fingerprint density at radius 1 is 1.07 bits per heavy atom. The molecule has 0 radical (unpaired) electrons. The predicted molar refractivity (Wildman–Crippen MR) is 171 cm³/mol. The molecule has 4 rings (SSSR count). The van der Waals surface area contributed by atoms with Gasteiger partial charge in [0.2, 0.25) is 11.8 Å². The standard InChI is InChI=1S/C34H46F2N6O4/c1-22(37-5)31(43)39-30(34(2,3)4)33(45)42-19-28(46-27-13-11-25(36)12-14-27)17-26(42)18-41(32(44)29-20-40(6)21-38-29)16-15-23-7-9-24(35)10-8-23/h7-14,20,22,26,28,30,37-38H,15-19,21H2,1-6H3,(H,39,43)/t22-,26-,28-,30+/m0/s1. The average molecular weight is 641 g/mol. The number of halogens is 2. The van der Waals surface area contributed by atoms with Crippen LogP contribution in [0.5, 0.6) is 5.75 Å². The summed E-state index contributed by atoms with van der Waals surface area (Å²) in [5.74, 6) is -1.05. The second-order valence-corrected chi connectivity index (χ2v) is 13.2. The van der Waals surface area contributed by atoms with Gasteiger partial charge in [0.15, 0.2) is 0 Å². The zero-order valence-corrected chi connectivity index (χ0v) is 27.5. The van der Waals surface area contributed by atoms with Crippen LogP contribution in [0, 0.1) is 17.0 Å². The maximum atomic E-state index is 14.4. The average Bonchev–Trinajstić information content (AvgIpc) is 3.63. The molecule has 0 bridgehead atoms. The zero-order chi connectivity index (χ0) is 33.6. The molecule has 2 aliphatic rings. The first-order chi connectivity index (χ1) is 21.7. The van der Waals surface area contributed by atoms with Crippen molar-refractivity contribution in [1.82, 2.24) is 30.7 Å². The molecule has 0 aliphatic carbocycles. The van der Waals surface area contributed by atoms with Crippen LogP contribution >= 0.6 is 0 Å². The molecule has 1 fully saturated rings. The van der Waals surface area contributed by atoms with Crippen LogP contribution in [0.3, 0.4) is 0 Å². The van der Waals surface area contributed by atoms with Gasteiger partial charge in [0.1, 0.15) is 35.2 Å². The van der Waals surface area contributed by atoms with Crippen LogP contribution in [0.15, 0.2) is 60.4 Å². The van der Waals surface area contributed by atoms with E-state index in [-0.39, 0.29) is 42.4 Å². The lowest BCUT2D eigenvalue weighted by Gasteiger charge is -2.37. The lowest BCUT2D eigenvalue weighted by atomic mass is 9.85. The smallest absolute Gasteiger partial charge is 0.271 e.